The molecule has 172 valence electrons. The molecule has 1 aliphatic rings. The van der Waals surface area contributed by atoms with Crippen LogP contribution in [0.3, 0.4) is 0 Å². The Morgan fingerprint density at radius 1 is 1.12 bits per heavy atom. The lowest BCUT2D eigenvalue weighted by Crippen LogP contribution is -2.47. The second-order valence-corrected chi connectivity index (χ2v) is 9.61. The number of rotatable bonds is 7. The number of benzene rings is 2. The van der Waals surface area contributed by atoms with Crippen molar-refractivity contribution in [3.8, 4) is 5.75 Å². The molecule has 2 aromatic carbocycles. The minimum absolute atomic E-state index is 0.0400. The highest BCUT2D eigenvalue weighted by Crippen LogP contribution is 2.30. The van der Waals surface area contributed by atoms with E-state index in [0.717, 1.165) is 10.4 Å². The topological polar surface area (TPSA) is 84.0 Å². The standard InChI is InChI=1S/C23H27FN2O5S/c1-3-15-32(29,30)26(19-9-10-21(31-2)20(24)16-19)23(28)18-11-13-25(14-12-18)22(27)17-7-5-4-6-8-17/h4-10,16,18H,3,11-15H2,1-2H3. The fourth-order valence-corrected chi connectivity index (χ4v) is 5.37. The van der Waals surface area contributed by atoms with Crippen molar-refractivity contribution in [2.75, 3.05) is 30.3 Å². The molecule has 1 heterocycles. The maximum Gasteiger partial charge on any atom is 0.253 e. The number of hydrogen-bond donors (Lipinski definition) is 0. The van der Waals surface area contributed by atoms with E-state index >= 15 is 0 Å². The van der Waals surface area contributed by atoms with E-state index in [0.29, 0.717) is 37.9 Å². The predicted molar refractivity (Wildman–Crippen MR) is 120 cm³/mol. The van der Waals surface area contributed by atoms with Gasteiger partial charge in [-0.3, -0.25) is 9.59 Å². The van der Waals surface area contributed by atoms with Crippen molar-refractivity contribution in [1.29, 1.82) is 0 Å². The summed E-state index contributed by atoms with van der Waals surface area (Å²) in [5, 5.41) is 0. The zero-order chi connectivity index (χ0) is 23.3. The summed E-state index contributed by atoms with van der Waals surface area (Å²) < 4.78 is 45.8. The quantitative estimate of drug-likeness (QED) is 0.629. The van der Waals surface area contributed by atoms with Gasteiger partial charge in [0.2, 0.25) is 15.9 Å². The van der Waals surface area contributed by atoms with Crippen LogP contribution in [0.25, 0.3) is 0 Å². The monoisotopic (exact) mass is 462 g/mol. The number of likely N-dealkylation sites (tertiary alicyclic amines) is 1. The van der Waals surface area contributed by atoms with Crippen molar-refractivity contribution < 1.29 is 27.1 Å². The van der Waals surface area contributed by atoms with Crippen LogP contribution in [-0.2, 0) is 14.8 Å². The maximum absolute atomic E-state index is 14.3. The van der Waals surface area contributed by atoms with Crippen LogP contribution >= 0.6 is 0 Å². The summed E-state index contributed by atoms with van der Waals surface area (Å²) in [6, 6.07) is 12.5. The van der Waals surface area contributed by atoms with Gasteiger partial charge in [0.1, 0.15) is 0 Å². The number of nitrogens with zero attached hydrogens (tertiary/aromatic N) is 2. The molecule has 7 nitrogen and oxygen atoms in total. The lowest BCUT2D eigenvalue weighted by molar-refractivity contribution is -0.122. The van der Waals surface area contributed by atoms with Crippen molar-refractivity contribution in [2.45, 2.75) is 26.2 Å². The molecule has 0 spiro atoms. The van der Waals surface area contributed by atoms with Gasteiger partial charge in [-0.1, -0.05) is 25.1 Å². The summed E-state index contributed by atoms with van der Waals surface area (Å²) in [7, 11) is -2.68. The van der Waals surface area contributed by atoms with Gasteiger partial charge in [-0.25, -0.2) is 17.1 Å². The number of carbonyl (C=O) groups is 2. The van der Waals surface area contributed by atoms with Crippen LogP contribution in [0.4, 0.5) is 10.1 Å². The highest BCUT2D eigenvalue weighted by molar-refractivity contribution is 7.93. The van der Waals surface area contributed by atoms with Crippen molar-refractivity contribution in [2.24, 2.45) is 5.92 Å². The number of anilines is 1. The third kappa shape index (κ3) is 5.09. The molecule has 0 radical (unpaired) electrons. The number of amides is 2. The van der Waals surface area contributed by atoms with E-state index in [1.54, 1.807) is 36.1 Å². The van der Waals surface area contributed by atoms with Crippen molar-refractivity contribution in [3.05, 3.63) is 59.9 Å². The Hall–Kier alpha value is -2.94. The van der Waals surface area contributed by atoms with Crippen molar-refractivity contribution in [3.63, 3.8) is 0 Å². The molecular weight excluding hydrogens is 435 g/mol. The van der Waals surface area contributed by atoms with Gasteiger partial charge in [0.15, 0.2) is 11.6 Å². The minimum atomic E-state index is -3.99. The molecule has 2 aromatic rings. The van der Waals surface area contributed by atoms with Crippen LogP contribution < -0.4 is 9.04 Å². The van der Waals surface area contributed by atoms with Gasteiger partial charge in [0, 0.05) is 30.6 Å². The van der Waals surface area contributed by atoms with Crippen molar-refractivity contribution in [1.82, 2.24) is 4.90 Å². The fourth-order valence-electron chi connectivity index (χ4n) is 3.81. The van der Waals surface area contributed by atoms with E-state index < -0.39 is 27.7 Å². The molecule has 0 unspecified atom stereocenters. The van der Waals surface area contributed by atoms with Gasteiger partial charge < -0.3 is 9.64 Å². The van der Waals surface area contributed by atoms with E-state index in [-0.39, 0.29) is 23.1 Å². The lowest BCUT2D eigenvalue weighted by atomic mass is 9.95. The first-order valence-corrected chi connectivity index (χ1v) is 12.1. The number of halogens is 1. The van der Waals surface area contributed by atoms with Crippen LogP contribution in [0.1, 0.15) is 36.5 Å². The summed E-state index contributed by atoms with van der Waals surface area (Å²) in [5.74, 6) is -2.34. The van der Waals surface area contributed by atoms with E-state index in [9.17, 15) is 22.4 Å². The fraction of sp³-hybridized carbons (Fsp3) is 0.391. The van der Waals surface area contributed by atoms with Gasteiger partial charge in [0.25, 0.3) is 5.91 Å². The highest BCUT2D eigenvalue weighted by atomic mass is 32.2. The summed E-state index contributed by atoms with van der Waals surface area (Å²) in [6.45, 7) is 2.37. The first-order valence-electron chi connectivity index (χ1n) is 10.5. The molecule has 0 atom stereocenters. The predicted octanol–water partition coefficient (Wildman–Crippen LogP) is 3.46. The zero-order valence-electron chi connectivity index (χ0n) is 18.2. The van der Waals surface area contributed by atoms with Crippen LogP contribution in [0.2, 0.25) is 0 Å². The highest BCUT2D eigenvalue weighted by Gasteiger charge is 2.36. The summed E-state index contributed by atoms with van der Waals surface area (Å²) in [6.07, 6.45) is 0.969. The van der Waals surface area contributed by atoms with Crippen LogP contribution in [0.15, 0.2) is 48.5 Å². The van der Waals surface area contributed by atoms with E-state index in [4.69, 9.17) is 4.74 Å². The summed E-state index contributed by atoms with van der Waals surface area (Å²) in [5.41, 5.74) is 0.516. The maximum atomic E-state index is 14.3. The van der Waals surface area contributed by atoms with E-state index in [1.165, 1.54) is 19.2 Å². The van der Waals surface area contributed by atoms with Gasteiger partial charge in [-0.15, -0.1) is 0 Å². The molecule has 1 saturated heterocycles. The molecule has 1 aliphatic heterocycles. The Kier molecular flexibility index (Phi) is 7.50. The zero-order valence-corrected chi connectivity index (χ0v) is 19.0. The second kappa shape index (κ2) is 10.1. The Morgan fingerprint density at radius 2 is 1.78 bits per heavy atom. The normalized spacial score (nSPS) is 14.8. The second-order valence-electron chi connectivity index (χ2n) is 7.67. The smallest absolute Gasteiger partial charge is 0.253 e. The van der Waals surface area contributed by atoms with Gasteiger partial charge in [0.05, 0.1) is 18.6 Å². The number of hydrogen-bond acceptors (Lipinski definition) is 5. The number of piperidine rings is 1. The number of sulfonamides is 1. The molecular formula is C23H27FN2O5S. The molecule has 0 aromatic heterocycles. The molecule has 0 N–H and O–H groups in total. The largest absolute Gasteiger partial charge is 0.494 e. The molecule has 3 rings (SSSR count). The number of ether oxygens (including phenoxy) is 1. The van der Waals surface area contributed by atoms with Crippen molar-refractivity contribution >= 4 is 27.5 Å². The lowest BCUT2D eigenvalue weighted by Gasteiger charge is -2.34. The molecule has 0 saturated carbocycles. The number of carbonyl (C=O) groups excluding carboxylic acids is 2. The number of methoxy groups -OCH3 is 1. The first kappa shape index (κ1) is 23.7. The summed E-state index contributed by atoms with van der Waals surface area (Å²) >= 11 is 0. The molecule has 9 heteroatoms. The summed E-state index contributed by atoms with van der Waals surface area (Å²) in [4.78, 5) is 27.6. The molecule has 1 fully saturated rings. The Bertz CT molecular complexity index is 1070. The SMILES string of the molecule is CCCS(=O)(=O)N(C(=O)C1CCN(C(=O)c2ccccc2)CC1)c1ccc(OC)c(F)c1. The third-order valence-electron chi connectivity index (χ3n) is 5.46. The average Bonchev–Trinajstić information content (AvgIpc) is 2.79. The minimum Gasteiger partial charge on any atom is -0.494 e. The molecule has 0 aliphatic carbocycles. The molecule has 2 amide bonds. The Morgan fingerprint density at radius 3 is 2.34 bits per heavy atom. The average molecular weight is 463 g/mol. The van der Waals surface area contributed by atoms with Crippen LogP contribution in [0.5, 0.6) is 5.75 Å². The van der Waals surface area contributed by atoms with Crippen LogP contribution in [-0.4, -0.2) is 51.1 Å². The van der Waals surface area contributed by atoms with Gasteiger partial charge in [-0.2, -0.15) is 0 Å². The van der Waals surface area contributed by atoms with E-state index in [1.807, 2.05) is 6.07 Å². The third-order valence-corrected chi connectivity index (χ3v) is 7.33. The van der Waals surface area contributed by atoms with E-state index in [2.05, 4.69) is 0 Å². The first-order chi connectivity index (χ1) is 15.3. The molecule has 32 heavy (non-hydrogen) atoms. The van der Waals surface area contributed by atoms with Gasteiger partial charge >= 0.3 is 0 Å². The Balaban J connectivity index is 1.80. The van der Waals surface area contributed by atoms with Crippen LogP contribution in [0, 0.1) is 11.7 Å². The van der Waals surface area contributed by atoms with Gasteiger partial charge in [-0.05, 0) is 43.5 Å². The Labute approximate surface area is 187 Å². The molecule has 0 bridgehead atoms.